The summed E-state index contributed by atoms with van der Waals surface area (Å²) in [6, 6.07) is 9.64. The summed E-state index contributed by atoms with van der Waals surface area (Å²) in [5.74, 6) is 1.89. The zero-order valence-electron chi connectivity index (χ0n) is 12.6. The lowest BCUT2D eigenvalue weighted by atomic mass is 10.2. The van der Waals surface area contributed by atoms with Crippen LogP contribution in [-0.2, 0) is 4.79 Å². The molecule has 2 aromatic rings. The highest BCUT2D eigenvalue weighted by atomic mass is 16.5. The van der Waals surface area contributed by atoms with Crippen molar-refractivity contribution in [3.05, 3.63) is 54.6 Å². The first kappa shape index (κ1) is 14.3. The molecule has 1 aliphatic heterocycles. The van der Waals surface area contributed by atoms with Crippen LogP contribution in [0.1, 0.15) is 19.7 Å². The fraction of sp³-hybridized carbons (Fsp3) is 0.235. The minimum atomic E-state index is 0.0122. The average molecular weight is 295 g/mol. The minimum absolute atomic E-state index is 0.0122. The van der Waals surface area contributed by atoms with Gasteiger partial charge in [0.2, 0.25) is 5.91 Å². The van der Waals surface area contributed by atoms with Crippen LogP contribution < -0.4 is 4.74 Å². The van der Waals surface area contributed by atoms with Gasteiger partial charge >= 0.3 is 0 Å². The Morgan fingerprint density at radius 2 is 1.77 bits per heavy atom. The van der Waals surface area contributed by atoms with Crippen molar-refractivity contribution >= 4 is 11.5 Å². The molecule has 0 aliphatic carbocycles. The molecule has 0 saturated heterocycles. The van der Waals surface area contributed by atoms with Crippen LogP contribution in [0.5, 0.6) is 11.5 Å². The van der Waals surface area contributed by atoms with Crippen LogP contribution in [0.15, 0.2) is 48.8 Å². The van der Waals surface area contributed by atoms with Gasteiger partial charge in [-0.05, 0) is 26.0 Å². The molecule has 22 heavy (non-hydrogen) atoms. The Bertz CT molecular complexity index is 694. The van der Waals surface area contributed by atoms with Crippen LogP contribution in [0.4, 0.5) is 0 Å². The summed E-state index contributed by atoms with van der Waals surface area (Å²) in [5.41, 5.74) is 0.838. The fourth-order valence-electron chi connectivity index (χ4n) is 2.27. The SMILES string of the molecule is CC(C)N1CC(c2ncc(Oc3ccccc3)cn2)=CC1=O. The van der Waals surface area contributed by atoms with Crippen molar-refractivity contribution in [3.8, 4) is 11.5 Å². The van der Waals surface area contributed by atoms with E-state index in [1.165, 1.54) is 0 Å². The topological polar surface area (TPSA) is 55.3 Å². The van der Waals surface area contributed by atoms with Crippen molar-refractivity contribution < 1.29 is 9.53 Å². The van der Waals surface area contributed by atoms with Gasteiger partial charge in [-0.15, -0.1) is 0 Å². The Balaban J connectivity index is 1.73. The van der Waals surface area contributed by atoms with Gasteiger partial charge in [0, 0.05) is 17.7 Å². The highest BCUT2D eigenvalue weighted by Crippen LogP contribution is 2.23. The Morgan fingerprint density at radius 3 is 2.36 bits per heavy atom. The van der Waals surface area contributed by atoms with E-state index in [-0.39, 0.29) is 11.9 Å². The van der Waals surface area contributed by atoms with Crippen LogP contribution in [-0.4, -0.2) is 33.4 Å². The number of ether oxygens (including phenoxy) is 1. The van der Waals surface area contributed by atoms with Gasteiger partial charge in [-0.2, -0.15) is 0 Å². The smallest absolute Gasteiger partial charge is 0.247 e. The molecule has 0 N–H and O–H groups in total. The molecule has 112 valence electrons. The molecule has 0 spiro atoms. The normalized spacial score (nSPS) is 14.4. The summed E-state index contributed by atoms with van der Waals surface area (Å²) in [6.07, 6.45) is 4.85. The second-order valence-corrected chi connectivity index (χ2v) is 5.39. The highest BCUT2D eigenvalue weighted by molar-refractivity contribution is 5.99. The van der Waals surface area contributed by atoms with Crippen LogP contribution in [0, 0.1) is 0 Å². The zero-order valence-corrected chi connectivity index (χ0v) is 12.6. The molecular weight excluding hydrogens is 278 g/mol. The predicted molar refractivity (Wildman–Crippen MR) is 83.4 cm³/mol. The Kier molecular flexibility index (Phi) is 3.87. The maximum atomic E-state index is 11.9. The molecule has 0 unspecified atom stereocenters. The van der Waals surface area contributed by atoms with Crippen molar-refractivity contribution in [2.45, 2.75) is 19.9 Å². The van der Waals surface area contributed by atoms with Crippen LogP contribution >= 0.6 is 0 Å². The molecule has 2 heterocycles. The lowest BCUT2D eigenvalue weighted by molar-refractivity contribution is -0.125. The second-order valence-electron chi connectivity index (χ2n) is 5.39. The van der Waals surface area contributed by atoms with Gasteiger partial charge in [0.15, 0.2) is 11.6 Å². The number of nitrogens with zero attached hydrogens (tertiary/aromatic N) is 3. The first-order chi connectivity index (χ1) is 10.6. The second kappa shape index (κ2) is 5.97. The van der Waals surface area contributed by atoms with Gasteiger partial charge in [-0.1, -0.05) is 18.2 Å². The summed E-state index contributed by atoms with van der Waals surface area (Å²) in [4.78, 5) is 22.3. The van der Waals surface area contributed by atoms with Crippen molar-refractivity contribution in [2.24, 2.45) is 0 Å². The Labute approximate surface area is 129 Å². The summed E-state index contributed by atoms with van der Waals surface area (Å²) < 4.78 is 5.65. The van der Waals surface area contributed by atoms with Gasteiger partial charge in [-0.25, -0.2) is 9.97 Å². The van der Waals surface area contributed by atoms with Crippen molar-refractivity contribution in [1.82, 2.24) is 14.9 Å². The summed E-state index contributed by atoms with van der Waals surface area (Å²) in [7, 11) is 0. The standard InChI is InChI=1S/C17H17N3O2/c1-12(2)20-11-13(8-16(20)21)17-18-9-15(10-19-17)22-14-6-4-3-5-7-14/h3-10,12H,11H2,1-2H3. The minimum Gasteiger partial charge on any atom is -0.454 e. The molecule has 0 bridgehead atoms. The van der Waals surface area contributed by atoms with E-state index in [0.717, 1.165) is 11.3 Å². The van der Waals surface area contributed by atoms with Gasteiger partial charge < -0.3 is 9.64 Å². The Hall–Kier alpha value is -2.69. The van der Waals surface area contributed by atoms with Crippen LogP contribution in [0.25, 0.3) is 5.57 Å². The number of carbonyl (C=O) groups excluding carboxylic acids is 1. The molecule has 1 aromatic carbocycles. The molecule has 5 heteroatoms. The molecule has 0 saturated carbocycles. The van der Waals surface area contributed by atoms with Gasteiger partial charge in [-0.3, -0.25) is 4.79 Å². The molecule has 1 aliphatic rings. The number of amides is 1. The molecule has 1 amide bonds. The third-order valence-electron chi connectivity index (χ3n) is 3.44. The van der Waals surface area contributed by atoms with E-state index in [1.807, 2.05) is 44.2 Å². The van der Waals surface area contributed by atoms with Gasteiger partial charge in [0.1, 0.15) is 5.75 Å². The number of para-hydroxylation sites is 1. The lowest BCUT2D eigenvalue weighted by Gasteiger charge is -2.20. The van der Waals surface area contributed by atoms with Crippen molar-refractivity contribution in [2.75, 3.05) is 6.54 Å². The maximum absolute atomic E-state index is 11.9. The van der Waals surface area contributed by atoms with Gasteiger partial charge in [0.05, 0.1) is 18.9 Å². The van der Waals surface area contributed by atoms with Crippen molar-refractivity contribution in [3.63, 3.8) is 0 Å². The zero-order chi connectivity index (χ0) is 15.5. The molecule has 0 radical (unpaired) electrons. The third kappa shape index (κ3) is 2.98. The van der Waals surface area contributed by atoms with E-state index in [2.05, 4.69) is 9.97 Å². The number of rotatable bonds is 4. The number of benzene rings is 1. The van der Waals surface area contributed by atoms with E-state index in [0.29, 0.717) is 18.1 Å². The predicted octanol–water partition coefficient (Wildman–Crippen LogP) is 2.90. The molecule has 1 aromatic heterocycles. The average Bonchev–Trinajstić information content (AvgIpc) is 2.91. The quantitative estimate of drug-likeness (QED) is 0.870. The van der Waals surface area contributed by atoms with E-state index in [9.17, 15) is 4.79 Å². The monoisotopic (exact) mass is 295 g/mol. The number of hydrogen-bond acceptors (Lipinski definition) is 4. The fourth-order valence-corrected chi connectivity index (χ4v) is 2.27. The largest absolute Gasteiger partial charge is 0.454 e. The first-order valence-electron chi connectivity index (χ1n) is 7.20. The molecule has 0 atom stereocenters. The summed E-state index contributed by atoms with van der Waals surface area (Å²) in [5, 5.41) is 0. The molecular formula is C17H17N3O2. The van der Waals surface area contributed by atoms with E-state index in [1.54, 1.807) is 23.4 Å². The van der Waals surface area contributed by atoms with Crippen LogP contribution in [0.2, 0.25) is 0 Å². The van der Waals surface area contributed by atoms with E-state index < -0.39 is 0 Å². The van der Waals surface area contributed by atoms with Crippen LogP contribution in [0.3, 0.4) is 0 Å². The van der Waals surface area contributed by atoms with E-state index >= 15 is 0 Å². The lowest BCUT2D eigenvalue weighted by Crippen LogP contribution is -2.32. The van der Waals surface area contributed by atoms with E-state index in [4.69, 9.17) is 4.74 Å². The third-order valence-corrected chi connectivity index (χ3v) is 3.44. The summed E-state index contributed by atoms with van der Waals surface area (Å²) in [6.45, 7) is 4.54. The van der Waals surface area contributed by atoms with Crippen molar-refractivity contribution in [1.29, 1.82) is 0 Å². The number of aromatic nitrogens is 2. The van der Waals surface area contributed by atoms with Gasteiger partial charge in [0.25, 0.3) is 0 Å². The number of carbonyl (C=O) groups is 1. The molecule has 5 nitrogen and oxygen atoms in total. The maximum Gasteiger partial charge on any atom is 0.247 e. The molecule has 3 rings (SSSR count). The first-order valence-corrected chi connectivity index (χ1v) is 7.20. The highest BCUT2D eigenvalue weighted by Gasteiger charge is 2.25. The summed E-state index contributed by atoms with van der Waals surface area (Å²) >= 11 is 0. The Morgan fingerprint density at radius 1 is 1.09 bits per heavy atom. The number of hydrogen-bond donors (Lipinski definition) is 0. The molecule has 0 fully saturated rings.